The minimum absolute atomic E-state index is 0.116. The molecule has 0 saturated carbocycles. The van der Waals surface area contributed by atoms with E-state index in [1.165, 1.54) is 19.1 Å². The van der Waals surface area contributed by atoms with Gasteiger partial charge in [0.1, 0.15) is 5.82 Å². The molecule has 138 valence electrons. The van der Waals surface area contributed by atoms with Crippen molar-refractivity contribution in [2.75, 3.05) is 18.4 Å². The third-order valence-electron chi connectivity index (χ3n) is 3.86. The lowest BCUT2D eigenvalue weighted by Crippen LogP contribution is -2.33. The Bertz CT molecular complexity index is 761. The number of hydrogen-bond donors (Lipinski definition) is 1. The van der Waals surface area contributed by atoms with Crippen molar-refractivity contribution >= 4 is 40.7 Å². The lowest BCUT2D eigenvalue weighted by atomic mass is 10.1. The summed E-state index contributed by atoms with van der Waals surface area (Å²) in [6.45, 7) is 2.17. The van der Waals surface area contributed by atoms with Crippen LogP contribution in [0.25, 0.3) is 0 Å². The largest absolute Gasteiger partial charge is 0.342 e. The fourth-order valence-electron chi connectivity index (χ4n) is 2.40. The van der Waals surface area contributed by atoms with Crippen LogP contribution in [-0.2, 0) is 16.0 Å². The molecule has 0 aliphatic carbocycles. The number of benzene rings is 2. The number of nitrogens with zero attached hydrogens (tertiary/aromatic N) is 1. The van der Waals surface area contributed by atoms with Crippen LogP contribution >= 0.6 is 23.2 Å². The molecule has 0 unspecified atom stereocenters. The normalized spacial score (nSPS) is 10.5. The summed E-state index contributed by atoms with van der Waals surface area (Å²) in [4.78, 5) is 25.5. The molecule has 0 spiro atoms. The molecule has 0 aliphatic rings. The summed E-state index contributed by atoms with van der Waals surface area (Å²) >= 11 is 12.1. The second-order valence-corrected chi connectivity index (χ2v) is 6.59. The highest BCUT2D eigenvalue weighted by molar-refractivity contribution is 6.39. The Morgan fingerprint density at radius 2 is 1.65 bits per heavy atom. The lowest BCUT2D eigenvalue weighted by Gasteiger charge is -2.21. The van der Waals surface area contributed by atoms with Crippen LogP contribution in [0.15, 0.2) is 42.5 Å². The highest BCUT2D eigenvalue weighted by Crippen LogP contribution is 2.29. The third kappa shape index (κ3) is 6.00. The van der Waals surface area contributed by atoms with Crippen LogP contribution in [0.5, 0.6) is 0 Å². The molecule has 0 aliphatic heterocycles. The Morgan fingerprint density at radius 1 is 1.04 bits per heavy atom. The highest BCUT2D eigenvalue weighted by Gasteiger charge is 2.13. The molecular weight excluding hydrogens is 378 g/mol. The summed E-state index contributed by atoms with van der Waals surface area (Å²) in [5.74, 6) is -0.712. The topological polar surface area (TPSA) is 49.4 Å². The van der Waals surface area contributed by atoms with E-state index < -0.39 is 0 Å². The summed E-state index contributed by atoms with van der Waals surface area (Å²) < 4.78 is 12.9. The molecule has 0 saturated heterocycles. The van der Waals surface area contributed by atoms with Crippen LogP contribution < -0.4 is 5.32 Å². The number of anilines is 1. The minimum atomic E-state index is -0.299. The average Bonchev–Trinajstić information content (AvgIpc) is 2.59. The van der Waals surface area contributed by atoms with Gasteiger partial charge in [-0.1, -0.05) is 41.4 Å². The SMILES string of the molecule is CC(=O)N(CCC(=O)Nc1c(Cl)cccc1Cl)CCc1ccc(F)cc1. The molecule has 0 radical (unpaired) electrons. The van der Waals surface area contributed by atoms with Crippen LogP contribution in [0.4, 0.5) is 10.1 Å². The van der Waals surface area contributed by atoms with Gasteiger partial charge in [-0.25, -0.2) is 4.39 Å². The van der Waals surface area contributed by atoms with Gasteiger partial charge in [0.2, 0.25) is 11.8 Å². The Balaban J connectivity index is 1.88. The van der Waals surface area contributed by atoms with E-state index in [0.29, 0.717) is 28.7 Å². The van der Waals surface area contributed by atoms with Crippen molar-refractivity contribution in [2.24, 2.45) is 0 Å². The summed E-state index contributed by atoms with van der Waals surface area (Å²) in [7, 11) is 0. The zero-order valence-electron chi connectivity index (χ0n) is 14.3. The second kappa shape index (κ2) is 9.55. The molecule has 2 rings (SSSR count). The molecule has 2 aromatic rings. The van der Waals surface area contributed by atoms with Gasteiger partial charge in [0.05, 0.1) is 15.7 Å². The number of carbonyl (C=O) groups excluding carboxylic acids is 2. The second-order valence-electron chi connectivity index (χ2n) is 5.78. The van der Waals surface area contributed by atoms with Crippen molar-refractivity contribution in [1.29, 1.82) is 0 Å². The Labute approximate surface area is 161 Å². The van der Waals surface area contributed by atoms with E-state index >= 15 is 0 Å². The van der Waals surface area contributed by atoms with Crippen molar-refractivity contribution in [1.82, 2.24) is 4.90 Å². The van der Waals surface area contributed by atoms with Crippen LogP contribution in [-0.4, -0.2) is 29.8 Å². The van der Waals surface area contributed by atoms with Crippen LogP contribution in [0, 0.1) is 5.82 Å². The summed E-state index contributed by atoms with van der Waals surface area (Å²) in [6.07, 6.45) is 0.697. The molecule has 1 N–H and O–H groups in total. The average molecular weight is 397 g/mol. The number of amides is 2. The van der Waals surface area contributed by atoms with Gasteiger partial charge in [-0.3, -0.25) is 9.59 Å². The lowest BCUT2D eigenvalue weighted by molar-refractivity contribution is -0.129. The fourth-order valence-corrected chi connectivity index (χ4v) is 2.89. The van der Waals surface area contributed by atoms with Gasteiger partial charge in [-0.15, -0.1) is 0 Å². The Morgan fingerprint density at radius 3 is 2.23 bits per heavy atom. The van der Waals surface area contributed by atoms with Gasteiger partial charge < -0.3 is 10.2 Å². The Kier molecular flexibility index (Phi) is 7.42. The third-order valence-corrected chi connectivity index (χ3v) is 4.49. The molecular formula is C19H19Cl2FN2O2. The summed E-state index contributed by atoms with van der Waals surface area (Å²) in [6, 6.07) is 11.1. The van der Waals surface area contributed by atoms with E-state index in [1.807, 2.05) is 0 Å². The predicted octanol–water partition coefficient (Wildman–Crippen LogP) is 4.55. The maximum atomic E-state index is 12.9. The predicted molar refractivity (Wildman–Crippen MR) is 102 cm³/mol. The molecule has 0 fully saturated rings. The summed E-state index contributed by atoms with van der Waals surface area (Å²) in [5, 5.41) is 3.38. The molecule has 0 bridgehead atoms. The van der Waals surface area contributed by atoms with Gasteiger partial charge in [0, 0.05) is 26.4 Å². The molecule has 0 heterocycles. The van der Waals surface area contributed by atoms with E-state index in [9.17, 15) is 14.0 Å². The molecule has 2 aromatic carbocycles. The minimum Gasteiger partial charge on any atom is -0.342 e. The standard InChI is InChI=1S/C19H19Cl2FN2O2/c1-13(25)24(11-9-14-5-7-15(22)8-6-14)12-10-18(26)23-19-16(20)3-2-4-17(19)21/h2-8H,9-12H2,1H3,(H,23,26). The first-order valence-corrected chi connectivity index (χ1v) is 8.86. The number of hydrogen-bond acceptors (Lipinski definition) is 2. The molecule has 2 amide bonds. The first-order chi connectivity index (χ1) is 12.4. The van der Waals surface area contributed by atoms with Crippen LogP contribution in [0.3, 0.4) is 0 Å². The van der Waals surface area contributed by atoms with E-state index in [-0.39, 0.29) is 30.6 Å². The van der Waals surface area contributed by atoms with E-state index in [0.717, 1.165) is 5.56 Å². The first-order valence-electron chi connectivity index (χ1n) is 8.10. The van der Waals surface area contributed by atoms with E-state index in [4.69, 9.17) is 23.2 Å². The van der Waals surface area contributed by atoms with Gasteiger partial charge in [0.25, 0.3) is 0 Å². The molecule has 7 heteroatoms. The maximum absolute atomic E-state index is 12.9. The number of halogens is 3. The van der Waals surface area contributed by atoms with Crippen LogP contribution in [0.1, 0.15) is 18.9 Å². The maximum Gasteiger partial charge on any atom is 0.226 e. The number of para-hydroxylation sites is 1. The zero-order valence-corrected chi connectivity index (χ0v) is 15.8. The van der Waals surface area contributed by atoms with Crippen molar-refractivity contribution in [3.8, 4) is 0 Å². The molecule has 26 heavy (non-hydrogen) atoms. The van der Waals surface area contributed by atoms with E-state index in [1.54, 1.807) is 35.2 Å². The molecule has 0 aromatic heterocycles. The van der Waals surface area contributed by atoms with Gasteiger partial charge in [-0.05, 0) is 36.2 Å². The quantitative estimate of drug-likeness (QED) is 0.745. The van der Waals surface area contributed by atoms with Gasteiger partial charge in [0.15, 0.2) is 0 Å². The molecule has 0 atom stereocenters. The number of nitrogens with one attached hydrogen (secondary N) is 1. The molecule has 4 nitrogen and oxygen atoms in total. The fraction of sp³-hybridized carbons (Fsp3) is 0.263. The monoisotopic (exact) mass is 396 g/mol. The van der Waals surface area contributed by atoms with Crippen molar-refractivity contribution < 1.29 is 14.0 Å². The number of carbonyl (C=O) groups is 2. The van der Waals surface area contributed by atoms with Gasteiger partial charge >= 0.3 is 0 Å². The van der Waals surface area contributed by atoms with Crippen molar-refractivity contribution in [3.63, 3.8) is 0 Å². The van der Waals surface area contributed by atoms with Crippen LogP contribution in [0.2, 0.25) is 10.0 Å². The van der Waals surface area contributed by atoms with Crippen molar-refractivity contribution in [3.05, 3.63) is 63.9 Å². The highest BCUT2D eigenvalue weighted by atomic mass is 35.5. The summed E-state index contributed by atoms with van der Waals surface area (Å²) in [5.41, 5.74) is 1.28. The first kappa shape index (κ1) is 20.2. The smallest absolute Gasteiger partial charge is 0.226 e. The van der Waals surface area contributed by atoms with Gasteiger partial charge in [-0.2, -0.15) is 0 Å². The van der Waals surface area contributed by atoms with E-state index in [2.05, 4.69) is 5.32 Å². The Hall–Kier alpha value is -2.11. The zero-order chi connectivity index (χ0) is 19.1. The number of rotatable bonds is 7. The van der Waals surface area contributed by atoms with Crippen molar-refractivity contribution in [2.45, 2.75) is 19.8 Å².